The van der Waals surface area contributed by atoms with Crippen molar-refractivity contribution in [2.75, 3.05) is 12.3 Å². The molecule has 2 aromatic carbocycles. The quantitative estimate of drug-likeness (QED) is 0.321. The van der Waals surface area contributed by atoms with Crippen LogP contribution in [0, 0.1) is 0 Å². The summed E-state index contributed by atoms with van der Waals surface area (Å²) in [6.45, 7) is 0.474. The summed E-state index contributed by atoms with van der Waals surface area (Å²) >= 11 is 7.69. The predicted molar refractivity (Wildman–Crippen MR) is 104 cm³/mol. The van der Waals surface area contributed by atoms with Crippen LogP contribution in [-0.4, -0.2) is 29.5 Å². The number of unbranched alkanes of at least 4 members (excludes halogenated alkanes) is 3. The fourth-order valence-corrected chi connectivity index (χ4v) is 3.45. The topological polar surface area (TPSA) is 37.4 Å². The number of carbonyl (C=O) groups excluding carboxylic acids is 2. The number of carbonyl (C=O) groups is 2. The summed E-state index contributed by atoms with van der Waals surface area (Å²) in [5.74, 6) is 0.830. The van der Waals surface area contributed by atoms with Gasteiger partial charge in [0.05, 0.1) is 0 Å². The van der Waals surface area contributed by atoms with Gasteiger partial charge < -0.3 is 0 Å². The summed E-state index contributed by atoms with van der Waals surface area (Å²) in [5, 5.41) is 0.758. The molecule has 0 fully saturated rings. The minimum absolute atomic E-state index is 0.228. The Hall–Kier alpha value is -1.78. The summed E-state index contributed by atoms with van der Waals surface area (Å²) in [4.78, 5) is 25.9. The Morgan fingerprint density at radius 2 is 1.64 bits per heavy atom. The van der Waals surface area contributed by atoms with Gasteiger partial charge in [0.2, 0.25) is 6.41 Å². The second-order valence-corrected chi connectivity index (χ2v) is 7.29. The molecule has 0 radical (unpaired) electrons. The Morgan fingerprint density at radius 1 is 0.960 bits per heavy atom. The van der Waals surface area contributed by atoms with E-state index >= 15 is 0 Å². The summed E-state index contributed by atoms with van der Waals surface area (Å²) in [6, 6.07) is 16.8. The van der Waals surface area contributed by atoms with Gasteiger partial charge in [-0.25, -0.2) is 0 Å². The molecule has 3 nitrogen and oxygen atoms in total. The molecule has 132 valence electrons. The molecule has 0 saturated carbocycles. The maximum Gasteiger partial charge on any atom is 0.260 e. The number of nitrogens with zero attached hydrogens (tertiary/aromatic N) is 1. The van der Waals surface area contributed by atoms with Gasteiger partial charge in [0.15, 0.2) is 0 Å². The molecule has 2 amide bonds. The number of halogens is 1. The Kier molecular flexibility index (Phi) is 8.56. The highest BCUT2D eigenvalue weighted by atomic mass is 35.5. The van der Waals surface area contributed by atoms with Gasteiger partial charge in [0.1, 0.15) is 0 Å². The van der Waals surface area contributed by atoms with Crippen molar-refractivity contribution in [2.45, 2.75) is 30.6 Å². The van der Waals surface area contributed by atoms with E-state index in [-0.39, 0.29) is 5.91 Å². The van der Waals surface area contributed by atoms with Crippen molar-refractivity contribution < 1.29 is 9.59 Å². The standard InChI is InChI=1S/C20H22ClNO2S/c21-18-10-12-19(13-11-18)25-15-7-2-1-6-14-22(16-23)20(24)17-8-4-3-5-9-17/h3-5,8-13,16H,1-2,6-7,14-15H2. The van der Waals surface area contributed by atoms with Gasteiger partial charge in [0, 0.05) is 22.0 Å². The van der Waals surface area contributed by atoms with Crippen LogP contribution < -0.4 is 0 Å². The molecular weight excluding hydrogens is 354 g/mol. The van der Waals surface area contributed by atoms with Crippen molar-refractivity contribution >= 4 is 35.7 Å². The highest BCUT2D eigenvalue weighted by Gasteiger charge is 2.13. The molecule has 0 atom stereocenters. The van der Waals surface area contributed by atoms with Crippen molar-refractivity contribution in [3.8, 4) is 0 Å². The lowest BCUT2D eigenvalue weighted by molar-refractivity contribution is -0.116. The van der Waals surface area contributed by atoms with Crippen molar-refractivity contribution in [1.82, 2.24) is 4.90 Å². The number of hydrogen-bond acceptors (Lipinski definition) is 3. The smallest absolute Gasteiger partial charge is 0.260 e. The van der Waals surface area contributed by atoms with E-state index in [2.05, 4.69) is 0 Å². The van der Waals surface area contributed by atoms with Gasteiger partial charge in [-0.1, -0.05) is 42.6 Å². The average molecular weight is 376 g/mol. The van der Waals surface area contributed by atoms with Crippen LogP contribution in [0.1, 0.15) is 36.0 Å². The first kappa shape index (κ1) is 19.5. The van der Waals surface area contributed by atoms with Crippen LogP contribution in [0.2, 0.25) is 5.02 Å². The van der Waals surface area contributed by atoms with E-state index in [9.17, 15) is 9.59 Å². The van der Waals surface area contributed by atoms with E-state index in [1.165, 1.54) is 9.80 Å². The van der Waals surface area contributed by atoms with Gasteiger partial charge in [-0.2, -0.15) is 0 Å². The van der Waals surface area contributed by atoms with Crippen LogP contribution in [0.4, 0.5) is 0 Å². The summed E-state index contributed by atoms with van der Waals surface area (Å²) in [5.41, 5.74) is 0.550. The zero-order chi connectivity index (χ0) is 17.9. The van der Waals surface area contributed by atoms with E-state index in [4.69, 9.17) is 11.6 Å². The maximum atomic E-state index is 12.2. The van der Waals surface area contributed by atoms with Crippen molar-refractivity contribution in [2.24, 2.45) is 0 Å². The predicted octanol–water partition coefficient (Wildman–Crippen LogP) is 5.29. The Bertz CT molecular complexity index is 661. The fourth-order valence-electron chi connectivity index (χ4n) is 2.41. The van der Waals surface area contributed by atoms with Crippen LogP contribution >= 0.6 is 23.4 Å². The molecule has 0 N–H and O–H groups in total. The fraction of sp³-hybridized carbons (Fsp3) is 0.300. The largest absolute Gasteiger partial charge is 0.281 e. The molecule has 0 aliphatic heterocycles. The lowest BCUT2D eigenvalue weighted by Crippen LogP contribution is -2.30. The lowest BCUT2D eigenvalue weighted by Gasteiger charge is -2.15. The normalized spacial score (nSPS) is 10.4. The number of amides is 2. The molecule has 0 aliphatic carbocycles. The third-order valence-corrected chi connectivity index (χ3v) is 5.13. The first-order valence-electron chi connectivity index (χ1n) is 8.40. The zero-order valence-electron chi connectivity index (χ0n) is 14.1. The molecular formula is C20H22ClNO2S. The molecule has 5 heteroatoms. The van der Waals surface area contributed by atoms with E-state index in [1.807, 2.05) is 42.1 Å². The number of rotatable bonds is 10. The van der Waals surface area contributed by atoms with Crippen molar-refractivity contribution in [3.05, 3.63) is 65.2 Å². The summed E-state index contributed by atoms with van der Waals surface area (Å²) in [6.07, 6.45) is 4.68. The number of thioether (sulfide) groups is 1. The Morgan fingerprint density at radius 3 is 2.32 bits per heavy atom. The van der Waals surface area contributed by atoms with Crippen LogP contribution in [0.15, 0.2) is 59.5 Å². The monoisotopic (exact) mass is 375 g/mol. The van der Waals surface area contributed by atoms with Gasteiger partial charge in [-0.3, -0.25) is 14.5 Å². The van der Waals surface area contributed by atoms with Crippen LogP contribution in [0.25, 0.3) is 0 Å². The zero-order valence-corrected chi connectivity index (χ0v) is 15.6. The molecule has 0 heterocycles. The van der Waals surface area contributed by atoms with Gasteiger partial charge in [-0.15, -0.1) is 11.8 Å². The molecule has 0 aliphatic rings. The molecule has 0 bridgehead atoms. The van der Waals surface area contributed by atoms with Gasteiger partial charge >= 0.3 is 0 Å². The summed E-state index contributed by atoms with van der Waals surface area (Å²) < 4.78 is 0. The van der Waals surface area contributed by atoms with Gasteiger partial charge in [-0.05, 0) is 55.0 Å². The molecule has 2 rings (SSSR count). The molecule has 0 aromatic heterocycles. The van der Waals surface area contributed by atoms with E-state index in [1.54, 1.807) is 24.3 Å². The number of hydrogen-bond donors (Lipinski definition) is 0. The summed E-state index contributed by atoms with van der Waals surface area (Å²) in [7, 11) is 0. The van der Waals surface area contributed by atoms with E-state index in [0.717, 1.165) is 36.5 Å². The Balaban J connectivity index is 1.60. The average Bonchev–Trinajstić information content (AvgIpc) is 2.66. The van der Waals surface area contributed by atoms with Gasteiger partial charge in [0.25, 0.3) is 5.91 Å². The SMILES string of the molecule is O=CN(CCCCCCSc1ccc(Cl)cc1)C(=O)c1ccccc1. The second-order valence-electron chi connectivity index (χ2n) is 5.69. The molecule has 25 heavy (non-hydrogen) atoms. The van der Waals surface area contributed by atoms with Crippen molar-refractivity contribution in [3.63, 3.8) is 0 Å². The first-order chi connectivity index (χ1) is 12.2. The lowest BCUT2D eigenvalue weighted by atomic mass is 10.1. The molecule has 0 spiro atoms. The number of imide groups is 1. The van der Waals surface area contributed by atoms with Crippen LogP contribution in [0.5, 0.6) is 0 Å². The minimum Gasteiger partial charge on any atom is -0.281 e. The van der Waals surface area contributed by atoms with Crippen molar-refractivity contribution in [1.29, 1.82) is 0 Å². The third-order valence-electron chi connectivity index (χ3n) is 3.78. The maximum absolute atomic E-state index is 12.2. The highest BCUT2D eigenvalue weighted by molar-refractivity contribution is 7.99. The van der Waals surface area contributed by atoms with E-state index in [0.29, 0.717) is 18.5 Å². The minimum atomic E-state index is -0.228. The molecule has 0 saturated heterocycles. The second kappa shape index (κ2) is 11.0. The highest BCUT2D eigenvalue weighted by Crippen LogP contribution is 2.21. The third kappa shape index (κ3) is 6.92. The van der Waals surface area contributed by atoms with Crippen LogP contribution in [0.3, 0.4) is 0 Å². The first-order valence-corrected chi connectivity index (χ1v) is 9.77. The Labute approximate surface area is 158 Å². The number of benzene rings is 2. The van der Waals surface area contributed by atoms with E-state index < -0.39 is 0 Å². The van der Waals surface area contributed by atoms with Crippen LogP contribution in [-0.2, 0) is 4.79 Å². The molecule has 0 unspecified atom stereocenters. The molecule has 2 aromatic rings.